The predicted molar refractivity (Wildman–Crippen MR) is 137 cm³/mol. The average molecular weight is 446 g/mol. The summed E-state index contributed by atoms with van der Waals surface area (Å²) < 4.78 is 2.19. The van der Waals surface area contributed by atoms with Crippen molar-refractivity contribution in [2.45, 2.75) is 25.9 Å². The van der Waals surface area contributed by atoms with Gasteiger partial charge in [-0.05, 0) is 35.7 Å². The monoisotopic (exact) mass is 445 g/mol. The van der Waals surface area contributed by atoms with Crippen LogP contribution in [0.25, 0.3) is 11.0 Å². The Bertz CT molecular complexity index is 1350. The number of hydrogen-bond donors (Lipinski definition) is 1. The number of nitrogens with zero attached hydrogens (tertiary/aromatic N) is 2. The molecule has 1 heterocycles. The van der Waals surface area contributed by atoms with Crippen molar-refractivity contribution in [3.8, 4) is 0 Å². The highest BCUT2D eigenvalue weighted by molar-refractivity contribution is 5.87. The molecule has 0 aliphatic rings. The van der Waals surface area contributed by atoms with Crippen molar-refractivity contribution in [3.05, 3.63) is 137 Å². The van der Waals surface area contributed by atoms with Crippen LogP contribution in [0.2, 0.25) is 0 Å². The molecule has 0 bridgehead atoms. The van der Waals surface area contributed by atoms with E-state index < -0.39 is 0 Å². The molecule has 5 aromatic rings. The van der Waals surface area contributed by atoms with Crippen LogP contribution < -0.4 is 5.32 Å². The summed E-state index contributed by atoms with van der Waals surface area (Å²) in [6.45, 7) is 3.15. The Hall–Kier alpha value is -4.18. The van der Waals surface area contributed by atoms with Crippen LogP contribution in [0.4, 0.5) is 0 Å². The van der Waals surface area contributed by atoms with E-state index in [2.05, 4.69) is 47.1 Å². The first kappa shape index (κ1) is 21.7. The van der Waals surface area contributed by atoms with Crippen molar-refractivity contribution in [3.63, 3.8) is 0 Å². The average Bonchev–Trinajstić information content (AvgIpc) is 3.23. The highest BCUT2D eigenvalue weighted by atomic mass is 16.1. The number of aryl methyl sites for hydroxylation is 1. The van der Waals surface area contributed by atoms with E-state index in [4.69, 9.17) is 4.98 Å². The number of para-hydroxylation sites is 2. The maximum absolute atomic E-state index is 13.5. The minimum Gasteiger partial charge on any atom is -0.348 e. The summed E-state index contributed by atoms with van der Waals surface area (Å²) in [7, 11) is 0. The minimum absolute atomic E-state index is 0.0358. The van der Waals surface area contributed by atoms with Crippen molar-refractivity contribution in [2.75, 3.05) is 0 Å². The number of imidazole rings is 1. The Labute approximate surface area is 199 Å². The quantitative estimate of drug-likeness (QED) is 0.342. The first-order valence-corrected chi connectivity index (χ1v) is 11.6. The number of nitrogens with one attached hydrogen (secondary N) is 1. The van der Waals surface area contributed by atoms with Gasteiger partial charge in [-0.3, -0.25) is 4.79 Å². The van der Waals surface area contributed by atoms with Crippen LogP contribution in [-0.2, 0) is 17.9 Å². The second-order valence-electron chi connectivity index (χ2n) is 8.56. The first-order valence-electron chi connectivity index (χ1n) is 11.6. The molecule has 5 rings (SSSR count). The number of rotatable bonds is 7. The lowest BCUT2D eigenvalue weighted by Crippen LogP contribution is -2.30. The van der Waals surface area contributed by atoms with Crippen molar-refractivity contribution >= 4 is 16.9 Å². The van der Waals surface area contributed by atoms with Gasteiger partial charge in [-0.15, -0.1) is 0 Å². The number of amides is 1. The molecule has 0 aliphatic carbocycles. The van der Waals surface area contributed by atoms with E-state index in [0.29, 0.717) is 13.1 Å². The van der Waals surface area contributed by atoms with Crippen LogP contribution in [0.15, 0.2) is 109 Å². The number of fused-ring (bicyclic) bond motifs is 1. The van der Waals surface area contributed by atoms with Crippen LogP contribution >= 0.6 is 0 Å². The highest BCUT2D eigenvalue weighted by Crippen LogP contribution is 2.25. The normalized spacial score (nSPS) is 11.1. The van der Waals surface area contributed by atoms with E-state index in [1.807, 2.05) is 78.9 Å². The molecular weight excluding hydrogens is 418 g/mol. The van der Waals surface area contributed by atoms with Gasteiger partial charge in [0.05, 0.1) is 23.5 Å². The van der Waals surface area contributed by atoms with E-state index in [1.54, 1.807) is 0 Å². The zero-order valence-electron chi connectivity index (χ0n) is 19.2. The van der Waals surface area contributed by atoms with Crippen molar-refractivity contribution in [1.82, 2.24) is 14.9 Å². The van der Waals surface area contributed by atoms with E-state index in [-0.39, 0.29) is 11.8 Å². The van der Waals surface area contributed by atoms with Gasteiger partial charge in [0.1, 0.15) is 5.82 Å². The van der Waals surface area contributed by atoms with E-state index in [1.165, 1.54) is 11.1 Å². The molecule has 0 atom stereocenters. The Morgan fingerprint density at radius 3 is 2.03 bits per heavy atom. The Morgan fingerprint density at radius 2 is 1.38 bits per heavy atom. The summed E-state index contributed by atoms with van der Waals surface area (Å²) in [6, 6.07) is 36.5. The van der Waals surface area contributed by atoms with Gasteiger partial charge in [-0.1, -0.05) is 103 Å². The summed E-state index contributed by atoms with van der Waals surface area (Å²) >= 11 is 0. The van der Waals surface area contributed by atoms with Gasteiger partial charge in [-0.2, -0.15) is 0 Å². The van der Waals surface area contributed by atoms with Gasteiger partial charge >= 0.3 is 0 Å². The third-order valence-electron chi connectivity index (χ3n) is 6.14. The van der Waals surface area contributed by atoms with E-state index in [9.17, 15) is 4.79 Å². The summed E-state index contributed by atoms with van der Waals surface area (Å²) in [5.74, 6) is 0.429. The smallest absolute Gasteiger partial charge is 0.232 e. The molecule has 0 saturated heterocycles. The Kier molecular flexibility index (Phi) is 6.21. The molecule has 4 nitrogen and oxygen atoms in total. The molecule has 1 N–H and O–H groups in total. The topological polar surface area (TPSA) is 46.9 Å². The van der Waals surface area contributed by atoms with Crippen LogP contribution in [0.1, 0.15) is 34.0 Å². The SMILES string of the molecule is Cc1ccc(Cn2c(CNC(=O)C(c3ccccc3)c3ccccc3)nc3ccccc32)cc1. The molecular formula is C30H27N3O. The molecule has 168 valence electrons. The van der Waals surface area contributed by atoms with E-state index in [0.717, 1.165) is 28.0 Å². The van der Waals surface area contributed by atoms with Crippen LogP contribution in [0.5, 0.6) is 0 Å². The molecule has 0 radical (unpaired) electrons. The first-order chi connectivity index (χ1) is 16.7. The standard InChI is InChI=1S/C30H27N3O/c1-22-16-18-23(19-17-22)21-33-27-15-9-8-14-26(27)32-28(33)20-31-30(34)29(24-10-4-2-5-11-24)25-12-6-3-7-13-25/h2-19,29H,20-21H2,1H3,(H,31,34). The molecule has 1 aromatic heterocycles. The lowest BCUT2D eigenvalue weighted by atomic mass is 9.90. The van der Waals surface area contributed by atoms with Gasteiger partial charge in [0.2, 0.25) is 5.91 Å². The fourth-order valence-electron chi connectivity index (χ4n) is 4.37. The maximum Gasteiger partial charge on any atom is 0.232 e. The summed E-state index contributed by atoms with van der Waals surface area (Å²) in [5, 5.41) is 3.17. The van der Waals surface area contributed by atoms with Gasteiger partial charge in [0.15, 0.2) is 0 Å². The molecule has 0 spiro atoms. The third kappa shape index (κ3) is 4.62. The molecule has 34 heavy (non-hydrogen) atoms. The number of carbonyl (C=O) groups excluding carboxylic acids is 1. The second kappa shape index (κ2) is 9.75. The maximum atomic E-state index is 13.5. The molecule has 4 heteroatoms. The zero-order valence-corrected chi connectivity index (χ0v) is 19.2. The largest absolute Gasteiger partial charge is 0.348 e. The minimum atomic E-state index is -0.377. The summed E-state index contributed by atoms with van der Waals surface area (Å²) in [5.41, 5.74) is 6.38. The zero-order chi connectivity index (χ0) is 23.3. The lowest BCUT2D eigenvalue weighted by molar-refractivity contribution is -0.121. The number of aromatic nitrogens is 2. The molecule has 0 saturated carbocycles. The molecule has 0 aliphatic heterocycles. The highest BCUT2D eigenvalue weighted by Gasteiger charge is 2.23. The predicted octanol–water partition coefficient (Wildman–Crippen LogP) is 5.84. The Balaban J connectivity index is 1.43. The number of benzene rings is 4. The fraction of sp³-hybridized carbons (Fsp3) is 0.133. The van der Waals surface area contributed by atoms with Crippen LogP contribution in [-0.4, -0.2) is 15.5 Å². The van der Waals surface area contributed by atoms with Gasteiger partial charge < -0.3 is 9.88 Å². The summed E-state index contributed by atoms with van der Waals surface area (Å²) in [4.78, 5) is 18.3. The third-order valence-corrected chi connectivity index (χ3v) is 6.14. The van der Waals surface area contributed by atoms with Crippen molar-refractivity contribution in [2.24, 2.45) is 0 Å². The second-order valence-corrected chi connectivity index (χ2v) is 8.56. The number of hydrogen-bond acceptors (Lipinski definition) is 2. The molecule has 1 amide bonds. The van der Waals surface area contributed by atoms with Gasteiger partial charge in [0.25, 0.3) is 0 Å². The lowest BCUT2D eigenvalue weighted by Gasteiger charge is -2.18. The number of carbonyl (C=O) groups is 1. The Morgan fingerprint density at radius 1 is 0.794 bits per heavy atom. The van der Waals surface area contributed by atoms with Crippen molar-refractivity contribution in [1.29, 1.82) is 0 Å². The van der Waals surface area contributed by atoms with Gasteiger partial charge in [-0.25, -0.2) is 4.98 Å². The summed E-state index contributed by atoms with van der Waals surface area (Å²) in [6.07, 6.45) is 0. The fourth-order valence-corrected chi connectivity index (χ4v) is 4.37. The van der Waals surface area contributed by atoms with E-state index >= 15 is 0 Å². The molecule has 4 aromatic carbocycles. The van der Waals surface area contributed by atoms with Crippen LogP contribution in [0, 0.1) is 6.92 Å². The molecule has 0 fully saturated rings. The van der Waals surface area contributed by atoms with Gasteiger partial charge in [0, 0.05) is 6.54 Å². The van der Waals surface area contributed by atoms with Crippen molar-refractivity contribution < 1.29 is 4.79 Å². The molecule has 0 unspecified atom stereocenters. The van der Waals surface area contributed by atoms with Crippen LogP contribution in [0.3, 0.4) is 0 Å².